The first kappa shape index (κ1) is 6.71. The quantitative estimate of drug-likeness (QED) is 0.659. The fourth-order valence-electron chi connectivity index (χ4n) is 1.63. The van der Waals surface area contributed by atoms with Crippen LogP contribution >= 0.6 is 0 Å². The predicted molar refractivity (Wildman–Crippen MR) is 48.4 cm³/mol. The topological polar surface area (TPSA) is 37.9 Å². The van der Waals surface area contributed by atoms with Crippen molar-refractivity contribution >= 4 is 0 Å². The normalized spacial score (nSPS) is 12.9. The van der Waals surface area contributed by atoms with Crippen molar-refractivity contribution in [2.45, 2.75) is 6.61 Å². The number of pyridine rings is 1. The third kappa shape index (κ3) is 0.869. The molecule has 3 heteroatoms. The van der Waals surface area contributed by atoms with Crippen molar-refractivity contribution in [3.8, 4) is 17.0 Å². The molecule has 13 heavy (non-hydrogen) atoms. The molecule has 0 atom stereocenters. The lowest BCUT2D eigenvalue weighted by atomic mass is 10.1. The van der Waals surface area contributed by atoms with Gasteiger partial charge in [0.2, 0.25) is 5.88 Å². The van der Waals surface area contributed by atoms with Gasteiger partial charge in [-0.3, -0.25) is 0 Å². The Bertz CT molecular complexity index is 448. The Balaban J connectivity index is 2.30. The van der Waals surface area contributed by atoms with E-state index in [1.807, 2.05) is 18.3 Å². The molecule has 2 aromatic heterocycles. The van der Waals surface area contributed by atoms with Crippen molar-refractivity contribution in [1.82, 2.24) is 9.97 Å². The maximum atomic E-state index is 5.47. The average molecular weight is 172 g/mol. The first-order chi connectivity index (χ1) is 6.45. The van der Waals surface area contributed by atoms with E-state index in [4.69, 9.17) is 4.74 Å². The van der Waals surface area contributed by atoms with Gasteiger partial charge < -0.3 is 9.72 Å². The minimum absolute atomic E-state index is 0.590. The maximum absolute atomic E-state index is 5.47. The number of ether oxygens (including phenoxy) is 1. The van der Waals surface area contributed by atoms with Gasteiger partial charge in [-0.05, 0) is 18.2 Å². The van der Waals surface area contributed by atoms with Gasteiger partial charge in [0.15, 0.2) is 0 Å². The summed E-state index contributed by atoms with van der Waals surface area (Å²) in [6.45, 7) is 0.590. The SMILES string of the molecule is c1cnc2c(c1)-c1cc[nH]c1CO2. The van der Waals surface area contributed by atoms with E-state index in [1.165, 1.54) is 5.56 Å². The summed E-state index contributed by atoms with van der Waals surface area (Å²) < 4.78 is 5.47. The number of aromatic nitrogens is 2. The van der Waals surface area contributed by atoms with Gasteiger partial charge >= 0.3 is 0 Å². The molecule has 2 aromatic rings. The summed E-state index contributed by atoms with van der Waals surface area (Å²) in [5, 5.41) is 0. The molecule has 0 radical (unpaired) electrons. The van der Waals surface area contributed by atoms with Crippen LogP contribution in [-0.2, 0) is 6.61 Å². The van der Waals surface area contributed by atoms with Gasteiger partial charge in [-0.15, -0.1) is 0 Å². The largest absolute Gasteiger partial charge is 0.471 e. The van der Waals surface area contributed by atoms with E-state index in [0.717, 1.165) is 17.1 Å². The zero-order chi connectivity index (χ0) is 8.67. The lowest BCUT2D eigenvalue weighted by Crippen LogP contribution is -2.05. The van der Waals surface area contributed by atoms with Crippen molar-refractivity contribution in [1.29, 1.82) is 0 Å². The van der Waals surface area contributed by atoms with Crippen LogP contribution in [0.1, 0.15) is 5.69 Å². The molecular formula is C10H8N2O. The second-order valence-corrected chi connectivity index (χ2v) is 3.01. The molecule has 1 aliphatic heterocycles. The highest BCUT2D eigenvalue weighted by Crippen LogP contribution is 2.34. The van der Waals surface area contributed by atoms with Crippen LogP contribution in [0.15, 0.2) is 30.6 Å². The first-order valence-corrected chi connectivity index (χ1v) is 4.19. The summed E-state index contributed by atoms with van der Waals surface area (Å²) >= 11 is 0. The zero-order valence-corrected chi connectivity index (χ0v) is 6.95. The van der Waals surface area contributed by atoms with Gasteiger partial charge in [-0.25, -0.2) is 4.98 Å². The monoisotopic (exact) mass is 172 g/mol. The van der Waals surface area contributed by atoms with E-state index >= 15 is 0 Å². The van der Waals surface area contributed by atoms with Gasteiger partial charge in [0.1, 0.15) is 6.61 Å². The summed E-state index contributed by atoms with van der Waals surface area (Å²) in [5.41, 5.74) is 3.40. The van der Waals surface area contributed by atoms with Gasteiger partial charge in [0.25, 0.3) is 0 Å². The van der Waals surface area contributed by atoms with Crippen LogP contribution in [0.4, 0.5) is 0 Å². The van der Waals surface area contributed by atoms with Crippen LogP contribution in [0.3, 0.4) is 0 Å². The van der Waals surface area contributed by atoms with Crippen LogP contribution in [0.2, 0.25) is 0 Å². The minimum Gasteiger partial charge on any atom is -0.471 e. The van der Waals surface area contributed by atoms with Crippen LogP contribution < -0.4 is 4.74 Å². The number of aromatic amines is 1. The minimum atomic E-state index is 0.590. The van der Waals surface area contributed by atoms with Crippen LogP contribution in [0.5, 0.6) is 5.88 Å². The Labute approximate surface area is 75.4 Å². The molecule has 0 aliphatic carbocycles. The van der Waals surface area contributed by atoms with E-state index in [0.29, 0.717) is 6.61 Å². The van der Waals surface area contributed by atoms with E-state index in [9.17, 15) is 0 Å². The van der Waals surface area contributed by atoms with Gasteiger partial charge in [0, 0.05) is 23.5 Å². The number of nitrogens with one attached hydrogen (secondary N) is 1. The molecule has 64 valence electrons. The average Bonchev–Trinajstić information content (AvgIpc) is 2.65. The standard InChI is InChI=1S/C10H8N2O/c1-2-8-7-3-5-11-9(7)6-13-10(8)12-4-1/h1-5,11H,6H2. The molecule has 3 heterocycles. The third-order valence-electron chi connectivity index (χ3n) is 2.25. The summed E-state index contributed by atoms with van der Waals surface area (Å²) in [4.78, 5) is 7.31. The summed E-state index contributed by atoms with van der Waals surface area (Å²) in [6.07, 6.45) is 3.67. The van der Waals surface area contributed by atoms with Crippen molar-refractivity contribution in [2.24, 2.45) is 0 Å². The Morgan fingerprint density at radius 2 is 2.31 bits per heavy atom. The summed E-state index contributed by atoms with van der Waals surface area (Å²) in [5.74, 6) is 0.731. The maximum Gasteiger partial charge on any atom is 0.221 e. The first-order valence-electron chi connectivity index (χ1n) is 4.19. The second kappa shape index (κ2) is 2.36. The van der Waals surface area contributed by atoms with Crippen molar-refractivity contribution < 1.29 is 4.74 Å². The molecule has 0 amide bonds. The van der Waals surface area contributed by atoms with E-state index in [1.54, 1.807) is 6.20 Å². The third-order valence-corrected chi connectivity index (χ3v) is 2.25. The lowest BCUT2D eigenvalue weighted by molar-refractivity contribution is 0.286. The Hall–Kier alpha value is -1.77. The number of rotatable bonds is 0. The number of H-pyrrole nitrogens is 1. The number of nitrogens with zero attached hydrogens (tertiary/aromatic N) is 1. The fourth-order valence-corrected chi connectivity index (χ4v) is 1.63. The highest BCUT2D eigenvalue weighted by atomic mass is 16.5. The molecule has 0 saturated carbocycles. The highest BCUT2D eigenvalue weighted by molar-refractivity contribution is 5.72. The molecule has 1 aliphatic rings. The molecule has 0 unspecified atom stereocenters. The molecule has 3 rings (SSSR count). The molecular weight excluding hydrogens is 164 g/mol. The molecule has 0 fully saturated rings. The van der Waals surface area contributed by atoms with Gasteiger partial charge in [0.05, 0.1) is 5.69 Å². The highest BCUT2D eigenvalue weighted by Gasteiger charge is 2.17. The Morgan fingerprint density at radius 1 is 1.31 bits per heavy atom. The number of hydrogen-bond acceptors (Lipinski definition) is 2. The van der Waals surface area contributed by atoms with Crippen LogP contribution in [0.25, 0.3) is 11.1 Å². The Morgan fingerprint density at radius 3 is 3.31 bits per heavy atom. The van der Waals surface area contributed by atoms with E-state index in [-0.39, 0.29) is 0 Å². The predicted octanol–water partition coefficient (Wildman–Crippen LogP) is 1.97. The van der Waals surface area contributed by atoms with Gasteiger partial charge in [-0.2, -0.15) is 0 Å². The van der Waals surface area contributed by atoms with E-state index < -0.39 is 0 Å². The zero-order valence-electron chi connectivity index (χ0n) is 6.95. The fraction of sp³-hybridized carbons (Fsp3) is 0.100. The van der Waals surface area contributed by atoms with Crippen molar-refractivity contribution in [2.75, 3.05) is 0 Å². The van der Waals surface area contributed by atoms with E-state index in [2.05, 4.69) is 16.0 Å². The number of hydrogen-bond donors (Lipinski definition) is 1. The molecule has 1 N–H and O–H groups in total. The smallest absolute Gasteiger partial charge is 0.221 e. The molecule has 0 spiro atoms. The number of fused-ring (bicyclic) bond motifs is 3. The van der Waals surface area contributed by atoms with Gasteiger partial charge in [-0.1, -0.05) is 0 Å². The summed E-state index contributed by atoms with van der Waals surface area (Å²) in [7, 11) is 0. The Kier molecular flexibility index (Phi) is 1.22. The lowest BCUT2D eigenvalue weighted by Gasteiger charge is -2.15. The molecule has 0 aromatic carbocycles. The molecule has 0 bridgehead atoms. The van der Waals surface area contributed by atoms with Crippen molar-refractivity contribution in [3.05, 3.63) is 36.3 Å². The molecule has 3 nitrogen and oxygen atoms in total. The van der Waals surface area contributed by atoms with Crippen molar-refractivity contribution in [3.63, 3.8) is 0 Å². The van der Waals surface area contributed by atoms with Crippen LogP contribution in [0, 0.1) is 0 Å². The summed E-state index contributed by atoms with van der Waals surface area (Å²) in [6, 6.07) is 6.00. The second-order valence-electron chi connectivity index (χ2n) is 3.01. The van der Waals surface area contributed by atoms with Crippen LogP contribution in [-0.4, -0.2) is 9.97 Å². The molecule has 0 saturated heterocycles.